The second kappa shape index (κ2) is 6.30. The summed E-state index contributed by atoms with van der Waals surface area (Å²) in [6, 6.07) is 5.62. The topological polar surface area (TPSA) is 54.5 Å². The Morgan fingerprint density at radius 1 is 1.21 bits per heavy atom. The molecule has 0 aliphatic heterocycles. The number of rotatable bonds is 6. The van der Waals surface area contributed by atoms with Crippen LogP contribution in [0.5, 0.6) is 0 Å². The highest BCUT2D eigenvalue weighted by atomic mass is 32.2. The molecule has 0 amide bonds. The highest BCUT2D eigenvalue weighted by Gasteiger charge is 2.12. The molecule has 0 aliphatic rings. The fourth-order valence-corrected chi connectivity index (χ4v) is 2.30. The molecule has 1 aromatic carbocycles. The fourth-order valence-electron chi connectivity index (χ4n) is 1.65. The van der Waals surface area contributed by atoms with Crippen LogP contribution in [0, 0.1) is 13.8 Å². The maximum absolute atomic E-state index is 12.1. The van der Waals surface area contributed by atoms with E-state index in [9.17, 15) is 13.2 Å². The van der Waals surface area contributed by atoms with Crippen LogP contribution in [0.3, 0.4) is 0 Å². The first-order chi connectivity index (χ1) is 8.69. The van der Waals surface area contributed by atoms with Crippen molar-refractivity contribution in [2.75, 3.05) is 32.1 Å². The Hall–Kier alpha value is -1.20. The molecule has 0 fully saturated rings. The second-order valence-electron chi connectivity index (χ2n) is 5.09. The van der Waals surface area contributed by atoms with Crippen LogP contribution in [-0.4, -0.2) is 51.2 Å². The molecule has 0 saturated heterocycles. The highest BCUT2D eigenvalue weighted by molar-refractivity contribution is 7.90. The number of hydrogen-bond donors (Lipinski definition) is 0. The van der Waals surface area contributed by atoms with E-state index in [1.165, 1.54) is 6.26 Å². The van der Waals surface area contributed by atoms with Crippen molar-refractivity contribution in [3.63, 3.8) is 0 Å². The van der Waals surface area contributed by atoms with E-state index in [4.69, 9.17) is 0 Å². The minimum Gasteiger partial charge on any atom is -0.298 e. The summed E-state index contributed by atoms with van der Waals surface area (Å²) in [5.41, 5.74) is 2.92. The van der Waals surface area contributed by atoms with E-state index in [1.54, 1.807) is 11.9 Å². The molecule has 5 heteroatoms. The van der Waals surface area contributed by atoms with Crippen LogP contribution >= 0.6 is 0 Å². The molecule has 0 N–H and O–H groups in total. The zero-order valence-corrected chi connectivity index (χ0v) is 12.8. The van der Waals surface area contributed by atoms with E-state index in [2.05, 4.69) is 0 Å². The van der Waals surface area contributed by atoms with E-state index in [0.29, 0.717) is 12.1 Å². The molecular formula is C14H21NO3S. The maximum Gasteiger partial charge on any atom is 0.176 e. The summed E-state index contributed by atoms with van der Waals surface area (Å²) >= 11 is 0. The van der Waals surface area contributed by atoms with Gasteiger partial charge in [0.25, 0.3) is 0 Å². The zero-order chi connectivity index (χ0) is 14.6. The fraction of sp³-hybridized carbons (Fsp3) is 0.500. The molecule has 19 heavy (non-hydrogen) atoms. The van der Waals surface area contributed by atoms with Crippen molar-refractivity contribution in [1.29, 1.82) is 0 Å². The lowest BCUT2D eigenvalue weighted by molar-refractivity contribution is 0.0949. The molecule has 1 aromatic rings. The largest absolute Gasteiger partial charge is 0.298 e. The molecule has 1 rings (SSSR count). The second-order valence-corrected chi connectivity index (χ2v) is 7.35. The van der Waals surface area contributed by atoms with Crippen LogP contribution in [0.15, 0.2) is 18.2 Å². The summed E-state index contributed by atoms with van der Waals surface area (Å²) in [7, 11) is -1.23. The third kappa shape index (κ3) is 5.53. The first-order valence-electron chi connectivity index (χ1n) is 6.16. The minimum atomic E-state index is -2.98. The molecule has 0 aromatic heterocycles. The van der Waals surface area contributed by atoms with Gasteiger partial charge in [-0.1, -0.05) is 12.1 Å². The Bertz CT molecular complexity index is 564. The van der Waals surface area contributed by atoms with Crippen LogP contribution in [0.2, 0.25) is 0 Å². The third-order valence-corrected chi connectivity index (χ3v) is 4.01. The average molecular weight is 283 g/mol. The van der Waals surface area contributed by atoms with Crippen LogP contribution in [0.1, 0.15) is 21.5 Å². The number of carbonyl (C=O) groups excluding carboxylic acids is 1. The Kier molecular flexibility index (Phi) is 5.26. The molecule has 0 heterocycles. The summed E-state index contributed by atoms with van der Waals surface area (Å²) in [4.78, 5) is 13.8. The number of sulfone groups is 1. The van der Waals surface area contributed by atoms with Crippen molar-refractivity contribution in [2.24, 2.45) is 0 Å². The summed E-state index contributed by atoms with van der Waals surface area (Å²) < 4.78 is 22.1. The van der Waals surface area contributed by atoms with Crippen molar-refractivity contribution in [1.82, 2.24) is 4.90 Å². The van der Waals surface area contributed by atoms with E-state index >= 15 is 0 Å². The third-order valence-electron chi connectivity index (χ3n) is 3.09. The summed E-state index contributed by atoms with van der Waals surface area (Å²) in [5.74, 6) is 0.0862. The maximum atomic E-state index is 12.1. The van der Waals surface area contributed by atoms with E-state index < -0.39 is 9.84 Å². The van der Waals surface area contributed by atoms with Gasteiger partial charge in [0.2, 0.25) is 0 Å². The molecule has 0 saturated carbocycles. The van der Waals surface area contributed by atoms with Crippen molar-refractivity contribution < 1.29 is 13.2 Å². The van der Waals surface area contributed by atoms with Gasteiger partial charge in [-0.25, -0.2) is 8.42 Å². The number of nitrogens with zero attached hydrogens (tertiary/aromatic N) is 1. The lowest BCUT2D eigenvalue weighted by Crippen LogP contribution is -2.30. The number of carbonyl (C=O) groups is 1. The lowest BCUT2D eigenvalue weighted by Gasteiger charge is -2.15. The number of Topliss-reactive ketones (excluding diaryl/α,β-unsaturated/α-hetero) is 1. The van der Waals surface area contributed by atoms with Crippen molar-refractivity contribution >= 4 is 15.6 Å². The van der Waals surface area contributed by atoms with Crippen molar-refractivity contribution in [3.8, 4) is 0 Å². The monoisotopic (exact) mass is 283 g/mol. The first-order valence-corrected chi connectivity index (χ1v) is 8.22. The first kappa shape index (κ1) is 15.9. The summed E-state index contributed by atoms with van der Waals surface area (Å²) in [5, 5.41) is 0. The van der Waals surface area contributed by atoms with Crippen LogP contribution < -0.4 is 0 Å². The van der Waals surface area contributed by atoms with Crippen LogP contribution in [-0.2, 0) is 9.84 Å². The average Bonchev–Trinajstić information content (AvgIpc) is 2.29. The van der Waals surface area contributed by atoms with Gasteiger partial charge in [-0.2, -0.15) is 0 Å². The normalized spacial score (nSPS) is 11.8. The van der Waals surface area contributed by atoms with Crippen LogP contribution in [0.4, 0.5) is 0 Å². The molecule has 0 radical (unpaired) electrons. The molecule has 0 unspecified atom stereocenters. The quantitative estimate of drug-likeness (QED) is 0.742. The Balaban J connectivity index is 2.61. The standard InChI is InChI=1S/C14H21NO3S/c1-11-5-6-13(9-12(11)2)14(16)10-15(3)7-8-19(4,17)18/h5-6,9H,7-8,10H2,1-4H3. The molecule has 106 valence electrons. The van der Waals surface area contributed by atoms with Gasteiger partial charge < -0.3 is 0 Å². The number of aryl methyl sites for hydroxylation is 2. The number of ketones is 1. The predicted molar refractivity (Wildman–Crippen MR) is 77.5 cm³/mol. The lowest BCUT2D eigenvalue weighted by atomic mass is 10.0. The van der Waals surface area contributed by atoms with Crippen LogP contribution in [0.25, 0.3) is 0 Å². The Morgan fingerprint density at radius 2 is 1.84 bits per heavy atom. The summed E-state index contributed by atoms with van der Waals surface area (Å²) in [6.45, 7) is 4.58. The number of likely N-dealkylation sites (N-methyl/N-ethyl adjacent to an activating group) is 1. The van der Waals surface area contributed by atoms with Gasteiger partial charge in [0.15, 0.2) is 5.78 Å². The number of benzene rings is 1. The van der Waals surface area contributed by atoms with Gasteiger partial charge in [0.1, 0.15) is 9.84 Å². The van der Waals surface area contributed by atoms with Crippen molar-refractivity contribution in [2.45, 2.75) is 13.8 Å². The SMILES string of the molecule is Cc1ccc(C(=O)CN(C)CCS(C)(=O)=O)cc1C. The Labute approximate surface area is 115 Å². The van der Waals surface area contributed by atoms with Gasteiger partial charge in [0.05, 0.1) is 12.3 Å². The van der Waals surface area contributed by atoms with Gasteiger partial charge >= 0.3 is 0 Å². The molecular weight excluding hydrogens is 262 g/mol. The number of hydrogen-bond acceptors (Lipinski definition) is 4. The molecule has 0 atom stereocenters. The predicted octanol–water partition coefficient (Wildman–Crippen LogP) is 1.46. The Morgan fingerprint density at radius 3 is 2.37 bits per heavy atom. The molecule has 4 nitrogen and oxygen atoms in total. The summed E-state index contributed by atoms with van der Waals surface area (Å²) in [6.07, 6.45) is 1.20. The van der Waals surface area contributed by atoms with Gasteiger partial charge in [0, 0.05) is 18.4 Å². The van der Waals surface area contributed by atoms with E-state index in [1.807, 2.05) is 32.0 Å². The van der Waals surface area contributed by atoms with Gasteiger partial charge in [-0.3, -0.25) is 9.69 Å². The van der Waals surface area contributed by atoms with Crippen molar-refractivity contribution in [3.05, 3.63) is 34.9 Å². The molecule has 0 spiro atoms. The van der Waals surface area contributed by atoms with Gasteiger partial charge in [-0.05, 0) is 38.1 Å². The molecule has 0 aliphatic carbocycles. The minimum absolute atomic E-state index is 0.0131. The van der Waals surface area contributed by atoms with E-state index in [0.717, 1.165) is 11.1 Å². The zero-order valence-electron chi connectivity index (χ0n) is 11.9. The molecule has 0 bridgehead atoms. The van der Waals surface area contributed by atoms with Gasteiger partial charge in [-0.15, -0.1) is 0 Å². The highest BCUT2D eigenvalue weighted by Crippen LogP contribution is 2.10. The smallest absolute Gasteiger partial charge is 0.176 e. The van der Waals surface area contributed by atoms with E-state index in [-0.39, 0.29) is 18.1 Å².